The van der Waals surface area contributed by atoms with Gasteiger partial charge in [0.1, 0.15) is 12.9 Å². The molecule has 0 radical (unpaired) electrons. The fourth-order valence-corrected chi connectivity index (χ4v) is 2.04. The van der Waals surface area contributed by atoms with Crippen molar-refractivity contribution in [2.75, 3.05) is 6.61 Å². The van der Waals surface area contributed by atoms with Gasteiger partial charge >= 0.3 is 5.97 Å². The Labute approximate surface area is 121 Å². The molecule has 0 saturated carbocycles. The van der Waals surface area contributed by atoms with Crippen LogP contribution in [0.15, 0.2) is 6.33 Å². The maximum atomic E-state index is 11.6. The number of aromatic nitrogens is 2. The quantitative estimate of drug-likeness (QED) is 0.558. The van der Waals surface area contributed by atoms with Crippen LogP contribution in [0.2, 0.25) is 0 Å². The SMILES string of the molecule is CCOC(=O)C(C)(N)Cn1cnc(I)c1I. The summed E-state index contributed by atoms with van der Waals surface area (Å²) in [6.07, 6.45) is 1.67. The van der Waals surface area contributed by atoms with E-state index in [4.69, 9.17) is 10.5 Å². The van der Waals surface area contributed by atoms with E-state index in [0.29, 0.717) is 13.2 Å². The molecule has 1 heterocycles. The summed E-state index contributed by atoms with van der Waals surface area (Å²) in [6, 6.07) is 0. The third kappa shape index (κ3) is 3.29. The molecule has 0 aromatic carbocycles. The van der Waals surface area contributed by atoms with Crippen LogP contribution in [0.5, 0.6) is 0 Å². The van der Waals surface area contributed by atoms with Gasteiger partial charge < -0.3 is 15.0 Å². The summed E-state index contributed by atoms with van der Waals surface area (Å²) in [5, 5.41) is 0. The Kier molecular flexibility index (Phi) is 4.98. The molecule has 0 fully saturated rings. The van der Waals surface area contributed by atoms with Crippen molar-refractivity contribution in [3.8, 4) is 0 Å². The summed E-state index contributed by atoms with van der Waals surface area (Å²) < 4.78 is 8.64. The minimum atomic E-state index is -1.03. The van der Waals surface area contributed by atoms with Crippen molar-refractivity contribution < 1.29 is 9.53 Å². The molecule has 0 aliphatic heterocycles. The standard InChI is InChI=1S/C9H13I2N3O2/c1-3-16-8(15)9(2,12)4-14-5-13-6(10)7(14)11/h5H,3-4,12H2,1-2H3. The fourth-order valence-electron chi connectivity index (χ4n) is 1.17. The Morgan fingerprint density at radius 1 is 1.69 bits per heavy atom. The van der Waals surface area contributed by atoms with E-state index in [0.717, 1.165) is 7.40 Å². The van der Waals surface area contributed by atoms with Crippen LogP contribution in [-0.4, -0.2) is 27.7 Å². The van der Waals surface area contributed by atoms with E-state index in [-0.39, 0.29) is 0 Å². The van der Waals surface area contributed by atoms with Gasteiger partial charge in [-0.3, -0.25) is 0 Å². The molecule has 0 amide bonds. The largest absolute Gasteiger partial charge is 0.465 e. The zero-order chi connectivity index (χ0) is 12.3. The number of halogens is 2. The van der Waals surface area contributed by atoms with Gasteiger partial charge in [0.05, 0.1) is 19.5 Å². The lowest BCUT2D eigenvalue weighted by Gasteiger charge is -2.22. The van der Waals surface area contributed by atoms with E-state index in [1.54, 1.807) is 20.2 Å². The first kappa shape index (κ1) is 14.2. The van der Waals surface area contributed by atoms with Gasteiger partial charge in [0, 0.05) is 0 Å². The van der Waals surface area contributed by atoms with Gasteiger partial charge in [0.15, 0.2) is 0 Å². The fraction of sp³-hybridized carbons (Fsp3) is 0.556. The van der Waals surface area contributed by atoms with Gasteiger partial charge in [-0.2, -0.15) is 0 Å². The van der Waals surface area contributed by atoms with Crippen molar-refractivity contribution in [3.63, 3.8) is 0 Å². The molecule has 0 aliphatic rings. The highest BCUT2D eigenvalue weighted by Crippen LogP contribution is 2.16. The monoisotopic (exact) mass is 449 g/mol. The number of nitrogens with zero attached hydrogens (tertiary/aromatic N) is 2. The van der Waals surface area contributed by atoms with Gasteiger partial charge in [-0.1, -0.05) is 0 Å². The Morgan fingerprint density at radius 2 is 2.31 bits per heavy atom. The van der Waals surface area contributed by atoms with Crippen molar-refractivity contribution >= 4 is 51.2 Å². The molecule has 2 N–H and O–H groups in total. The van der Waals surface area contributed by atoms with Gasteiger partial charge in [0.25, 0.3) is 0 Å². The van der Waals surface area contributed by atoms with E-state index in [1.807, 2.05) is 4.57 Å². The Morgan fingerprint density at radius 3 is 2.75 bits per heavy atom. The number of ether oxygens (including phenoxy) is 1. The molecule has 1 rings (SSSR count). The van der Waals surface area contributed by atoms with E-state index in [9.17, 15) is 4.79 Å². The predicted octanol–water partition coefficient (Wildman–Crippen LogP) is 1.37. The van der Waals surface area contributed by atoms with Crippen molar-refractivity contribution in [2.24, 2.45) is 5.73 Å². The molecule has 90 valence electrons. The van der Waals surface area contributed by atoms with Gasteiger partial charge in [-0.25, -0.2) is 9.78 Å². The lowest BCUT2D eigenvalue weighted by Crippen LogP contribution is -2.49. The van der Waals surface area contributed by atoms with Gasteiger partial charge in [-0.15, -0.1) is 0 Å². The van der Waals surface area contributed by atoms with Crippen LogP contribution in [-0.2, 0) is 16.1 Å². The molecule has 7 heteroatoms. The lowest BCUT2D eigenvalue weighted by atomic mass is 10.1. The number of nitrogens with two attached hydrogens (primary N) is 1. The zero-order valence-corrected chi connectivity index (χ0v) is 13.4. The third-order valence-electron chi connectivity index (χ3n) is 1.97. The van der Waals surface area contributed by atoms with Crippen LogP contribution in [0.1, 0.15) is 13.8 Å². The minimum Gasteiger partial charge on any atom is -0.465 e. The predicted molar refractivity (Wildman–Crippen MR) is 76.9 cm³/mol. The topological polar surface area (TPSA) is 70.1 Å². The molecule has 1 unspecified atom stereocenters. The second kappa shape index (κ2) is 5.63. The van der Waals surface area contributed by atoms with Crippen LogP contribution in [0.4, 0.5) is 0 Å². The highest BCUT2D eigenvalue weighted by atomic mass is 127. The van der Waals surface area contributed by atoms with E-state index in [1.165, 1.54) is 0 Å². The number of esters is 1. The average Bonchev–Trinajstić information content (AvgIpc) is 2.50. The molecule has 0 aliphatic carbocycles. The molecule has 5 nitrogen and oxygen atoms in total. The number of carbonyl (C=O) groups excluding carboxylic acids is 1. The molecular formula is C9H13I2N3O2. The molecule has 0 spiro atoms. The molecule has 0 saturated heterocycles. The summed E-state index contributed by atoms with van der Waals surface area (Å²) in [4.78, 5) is 15.7. The second-order valence-electron chi connectivity index (χ2n) is 3.59. The van der Waals surface area contributed by atoms with Crippen molar-refractivity contribution in [2.45, 2.75) is 25.9 Å². The number of rotatable bonds is 4. The van der Waals surface area contributed by atoms with Crippen molar-refractivity contribution in [1.29, 1.82) is 0 Å². The van der Waals surface area contributed by atoms with Crippen molar-refractivity contribution in [3.05, 3.63) is 13.7 Å². The maximum Gasteiger partial charge on any atom is 0.327 e. The van der Waals surface area contributed by atoms with Gasteiger partial charge in [0.2, 0.25) is 0 Å². The molecule has 0 bridgehead atoms. The normalized spacial score (nSPS) is 14.6. The van der Waals surface area contributed by atoms with Crippen LogP contribution >= 0.6 is 45.2 Å². The minimum absolute atomic E-state index is 0.337. The van der Waals surface area contributed by atoms with Crippen LogP contribution < -0.4 is 5.73 Å². The lowest BCUT2D eigenvalue weighted by molar-refractivity contribution is -0.149. The Balaban J connectivity index is 2.80. The summed E-state index contributed by atoms with van der Waals surface area (Å²) in [6.45, 7) is 4.12. The van der Waals surface area contributed by atoms with Crippen molar-refractivity contribution in [1.82, 2.24) is 9.55 Å². The first-order chi connectivity index (χ1) is 7.38. The average molecular weight is 449 g/mol. The number of carbonyl (C=O) groups is 1. The summed E-state index contributed by atoms with van der Waals surface area (Å²) in [7, 11) is 0. The summed E-state index contributed by atoms with van der Waals surface area (Å²) >= 11 is 4.30. The smallest absolute Gasteiger partial charge is 0.327 e. The van der Waals surface area contributed by atoms with Gasteiger partial charge in [-0.05, 0) is 59.0 Å². The molecule has 1 aromatic heterocycles. The third-order valence-corrected chi connectivity index (χ3v) is 4.93. The Bertz CT molecular complexity index is 390. The van der Waals surface area contributed by atoms with Crippen LogP contribution in [0.3, 0.4) is 0 Å². The molecule has 1 atom stereocenters. The van der Waals surface area contributed by atoms with E-state index >= 15 is 0 Å². The van der Waals surface area contributed by atoms with Crippen LogP contribution in [0, 0.1) is 7.40 Å². The highest BCUT2D eigenvalue weighted by Gasteiger charge is 2.31. The molecule has 1 aromatic rings. The summed E-state index contributed by atoms with van der Waals surface area (Å²) in [5.41, 5.74) is 4.90. The van der Waals surface area contributed by atoms with E-state index < -0.39 is 11.5 Å². The first-order valence-corrected chi connectivity index (χ1v) is 6.86. The second-order valence-corrected chi connectivity index (χ2v) is 5.64. The maximum absolute atomic E-state index is 11.6. The van der Waals surface area contributed by atoms with E-state index in [2.05, 4.69) is 50.2 Å². The number of hydrogen-bond acceptors (Lipinski definition) is 4. The highest BCUT2D eigenvalue weighted by molar-refractivity contribution is 14.1. The number of hydrogen-bond donors (Lipinski definition) is 1. The first-order valence-electron chi connectivity index (χ1n) is 4.70. The zero-order valence-electron chi connectivity index (χ0n) is 9.04. The summed E-state index contributed by atoms with van der Waals surface area (Å²) in [5.74, 6) is -0.394. The number of imidazole rings is 1. The molecular weight excluding hydrogens is 436 g/mol. The van der Waals surface area contributed by atoms with Crippen LogP contribution in [0.25, 0.3) is 0 Å². The molecule has 16 heavy (non-hydrogen) atoms. The Hall–Kier alpha value is 0.100.